The molecule has 0 unspecified atom stereocenters. The molecule has 5 heteroatoms. The van der Waals surface area contributed by atoms with E-state index in [9.17, 15) is 4.79 Å². The standard InChI is InChI=1S/C13H15N3O2/c1-3-6-10-7-4-5-8-11(10)16-9(2)12(13(17)18)14-15-16/h4-5,7-8H,3,6H2,1-2H3,(H,17,18). The third-order valence-corrected chi connectivity index (χ3v) is 2.84. The second-order valence-corrected chi connectivity index (χ2v) is 4.12. The zero-order chi connectivity index (χ0) is 13.1. The number of carbonyl (C=O) groups is 1. The summed E-state index contributed by atoms with van der Waals surface area (Å²) in [6, 6.07) is 7.84. The van der Waals surface area contributed by atoms with Crippen LogP contribution in [0.1, 0.15) is 35.1 Å². The average Bonchev–Trinajstić information content (AvgIpc) is 2.72. The van der Waals surface area contributed by atoms with E-state index in [0.29, 0.717) is 5.69 Å². The normalized spacial score (nSPS) is 10.6. The number of carboxylic acids is 1. The van der Waals surface area contributed by atoms with Crippen molar-refractivity contribution in [1.82, 2.24) is 15.0 Å². The fourth-order valence-corrected chi connectivity index (χ4v) is 1.95. The fraction of sp³-hybridized carbons (Fsp3) is 0.308. The zero-order valence-corrected chi connectivity index (χ0v) is 10.4. The molecular weight excluding hydrogens is 230 g/mol. The summed E-state index contributed by atoms with van der Waals surface area (Å²) in [7, 11) is 0. The third-order valence-electron chi connectivity index (χ3n) is 2.84. The van der Waals surface area contributed by atoms with E-state index < -0.39 is 5.97 Å². The monoisotopic (exact) mass is 245 g/mol. The van der Waals surface area contributed by atoms with Gasteiger partial charge in [-0.1, -0.05) is 36.8 Å². The van der Waals surface area contributed by atoms with E-state index in [4.69, 9.17) is 5.11 Å². The van der Waals surface area contributed by atoms with E-state index in [0.717, 1.165) is 24.1 Å². The highest BCUT2D eigenvalue weighted by atomic mass is 16.4. The molecule has 0 saturated heterocycles. The van der Waals surface area contributed by atoms with Crippen LogP contribution in [0.4, 0.5) is 0 Å². The van der Waals surface area contributed by atoms with Crippen LogP contribution >= 0.6 is 0 Å². The Labute approximate surface area is 105 Å². The van der Waals surface area contributed by atoms with Crippen molar-refractivity contribution in [2.45, 2.75) is 26.7 Å². The first-order valence-corrected chi connectivity index (χ1v) is 5.89. The first-order chi connectivity index (χ1) is 8.65. The van der Waals surface area contributed by atoms with Gasteiger partial charge in [0.1, 0.15) is 0 Å². The number of benzene rings is 1. The van der Waals surface area contributed by atoms with Gasteiger partial charge in [-0.25, -0.2) is 9.48 Å². The van der Waals surface area contributed by atoms with Crippen molar-refractivity contribution in [2.24, 2.45) is 0 Å². The van der Waals surface area contributed by atoms with Crippen LogP contribution in [-0.4, -0.2) is 26.1 Å². The molecule has 2 rings (SSSR count). The van der Waals surface area contributed by atoms with Crippen LogP contribution in [-0.2, 0) is 6.42 Å². The Morgan fingerprint density at radius 2 is 2.11 bits per heavy atom. The highest BCUT2D eigenvalue weighted by Crippen LogP contribution is 2.18. The molecule has 1 aromatic heterocycles. The maximum atomic E-state index is 11.0. The quantitative estimate of drug-likeness (QED) is 0.896. The minimum atomic E-state index is -1.05. The van der Waals surface area contributed by atoms with Gasteiger partial charge < -0.3 is 5.11 Å². The van der Waals surface area contributed by atoms with Gasteiger partial charge in [-0.2, -0.15) is 0 Å². The molecule has 0 fully saturated rings. The lowest BCUT2D eigenvalue weighted by Gasteiger charge is -2.09. The Hall–Kier alpha value is -2.17. The highest BCUT2D eigenvalue weighted by molar-refractivity contribution is 5.86. The van der Waals surface area contributed by atoms with Crippen LogP contribution in [0.2, 0.25) is 0 Å². The van der Waals surface area contributed by atoms with Crippen LogP contribution < -0.4 is 0 Å². The van der Waals surface area contributed by atoms with Gasteiger partial charge in [-0.3, -0.25) is 0 Å². The van der Waals surface area contributed by atoms with Gasteiger partial charge in [0, 0.05) is 0 Å². The first kappa shape index (κ1) is 12.3. The van der Waals surface area contributed by atoms with E-state index in [2.05, 4.69) is 17.2 Å². The maximum Gasteiger partial charge on any atom is 0.358 e. The molecule has 0 spiro atoms. The Morgan fingerprint density at radius 3 is 2.72 bits per heavy atom. The van der Waals surface area contributed by atoms with Crippen LogP contribution in [0.3, 0.4) is 0 Å². The summed E-state index contributed by atoms with van der Waals surface area (Å²) in [6.45, 7) is 3.82. The summed E-state index contributed by atoms with van der Waals surface area (Å²) in [5, 5.41) is 16.6. The number of aromatic nitrogens is 3. The minimum Gasteiger partial charge on any atom is -0.476 e. The van der Waals surface area contributed by atoms with E-state index >= 15 is 0 Å². The Kier molecular flexibility index (Phi) is 3.41. The smallest absolute Gasteiger partial charge is 0.358 e. The van der Waals surface area contributed by atoms with Crippen LogP contribution in [0.15, 0.2) is 24.3 Å². The summed E-state index contributed by atoms with van der Waals surface area (Å²) in [5.74, 6) is -1.05. The molecule has 94 valence electrons. The number of aromatic carboxylic acids is 1. The maximum absolute atomic E-state index is 11.0. The van der Waals surface area contributed by atoms with Crippen molar-refractivity contribution in [3.63, 3.8) is 0 Å². The number of rotatable bonds is 4. The Bertz CT molecular complexity index is 575. The van der Waals surface area contributed by atoms with Crippen molar-refractivity contribution < 1.29 is 9.90 Å². The largest absolute Gasteiger partial charge is 0.476 e. The van der Waals surface area contributed by atoms with Gasteiger partial charge >= 0.3 is 5.97 Å². The lowest BCUT2D eigenvalue weighted by Crippen LogP contribution is -2.05. The molecule has 18 heavy (non-hydrogen) atoms. The van der Waals surface area contributed by atoms with E-state index in [-0.39, 0.29) is 5.69 Å². The summed E-state index contributed by atoms with van der Waals surface area (Å²) < 4.78 is 1.59. The van der Waals surface area contributed by atoms with Crippen molar-refractivity contribution in [2.75, 3.05) is 0 Å². The summed E-state index contributed by atoms with van der Waals surface area (Å²) in [6.07, 6.45) is 1.95. The second-order valence-electron chi connectivity index (χ2n) is 4.12. The molecular formula is C13H15N3O2. The van der Waals surface area contributed by atoms with Gasteiger partial charge in [-0.05, 0) is 25.0 Å². The van der Waals surface area contributed by atoms with Crippen molar-refractivity contribution >= 4 is 5.97 Å². The van der Waals surface area contributed by atoms with Gasteiger partial charge in [0.2, 0.25) is 0 Å². The van der Waals surface area contributed by atoms with Crippen molar-refractivity contribution in [3.8, 4) is 5.69 Å². The fourth-order valence-electron chi connectivity index (χ4n) is 1.95. The van der Waals surface area contributed by atoms with Gasteiger partial charge in [0.15, 0.2) is 5.69 Å². The second kappa shape index (κ2) is 5.00. The molecule has 0 bridgehead atoms. The van der Waals surface area contributed by atoms with Crippen LogP contribution in [0.25, 0.3) is 5.69 Å². The molecule has 0 aliphatic rings. The number of aryl methyl sites for hydroxylation is 1. The number of hydrogen-bond donors (Lipinski definition) is 1. The van der Waals surface area contributed by atoms with Gasteiger partial charge in [0.25, 0.3) is 0 Å². The van der Waals surface area contributed by atoms with Crippen molar-refractivity contribution in [1.29, 1.82) is 0 Å². The van der Waals surface area contributed by atoms with E-state index in [1.165, 1.54) is 0 Å². The predicted molar refractivity (Wildman–Crippen MR) is 67.1 cm³/mol. The molecule has 0 aliphatic carbocycles. The zero-order valence-electron chi connectivity index (χ0n) is 10.4. The number of nitrogens with zero attached hydrogens (tertiary/aromatic N) is 3. The first-order valence-electron chi connectivity index (χ1n) is 5.89. The molecule has 0 atom stereocenters. The molecule has 1 N–H and O–H groups in total. The summed E-state index contributed by atoms with van der Waals surface area (Å²) in [4.78, 5) is 11.0. The third kappa shape index (κ3) is 2.11. The Morgan fingerprint density at radius 1 is 1.39 bits per heavy atom. The summed E-state index contributed by atoms with van der Waals surface area (Å²) >= 11 is 0. The van der Waals surface area contributed by atoms with Gasteiger partial charge in [-0.15, -0.1) is 5.10 Å². The number of hydrogen-bond acceptors (Lipinski definition) is 3. The van der Waals surface area contributed by atoms with Gasteiger partial charge in [0.05, 0.1) is 11.4 Å². The van der Waals surface area contributed by atoms with Crippen molar-refractivity contribution in [3.05, 3.63) is 41.2 Å². The summed E-state index contributed by atoms with van der Waals surface area (Å²) in [5.41, 5.74) is 2.59. The molecule has 0 radical (unpaired) electrons. The van der Waals surface area contributed by atoms with E-state index in [1.807, 2.05) is 24.3 Å². The highest BCUT2D eigenvalue weighted by Gasteiger charge is 2.17. The molecule has 0 aliphatic heterocycles. The molecule has 1 heterocycles. The lowest BCUT2D eigenvalue weighted by atomic mass is 10.1. The topological polar surface area (TPSA) is 68.0 Å². The number of carboxylic acid groups (broad SMARTS) is 1. The number of para-hydroxylation sites is 1. The molecule has 0 saturated carbocycles. The van der Waals surface area contributed by atoms with E-state index in [1.54, 1.807) is 11.6 Å². The SMILES string of the molecule is CCCc1ccccc1-n1nnc(C(=O)O)c1C. The molecule has 0 amide bonds. The minimum absolute atomic E-state index is 0.00121. The predicted octanol–water partition coefficient (Wildman–Crippen LogP) is 2.23. The molecule has 5 nitrogen and oxygen atoms in total. The lowest BCUT2D eigenvalue weighted by molar-refractivity contribution is 0.0689. The molecule has 1 aromatic carbocycles. The molecule has 2 aromatic rings. The van der Waals surface area contributed by atoms with Crippen LogP contribution in [0.5, 0.6) is 0 Å². The average molecular weight is 245 g/mol. The Balaban J connectivity index is 2.52. The van der Waals surface area contributed by atoms with Crippen LogP contribution in [0, 0.1) is 6.92 Å².